The standard InChI is InChI=1S/C15H18ClN3O/c1-10-4-5-11(2)14(6-10)18-15(20)12(3)8-19-9-13(16)7-17-19/h4-7,9,12H,8H2,1-3H3,(H,18,20). The van der Waals surface area contributed by atoms with Gasteiger partial charge >= 0.3 is 0 Å². The van der Waals surface area contributed by atoms with Crippen molar-refractivity contribution in [1.29, 1.82) is 0 Å². The molecule has 0 saturated heterocycles. The number of benzene rings is 1. The van der Waals surface area contributed by atoms with Crippen LogP contribution in [-0.2, 0) is 11.3 Å². The lowest BCUT2D eigenvalue weighted by atomic mass is 10.1. The van der Waals surface area contributed by atoms with Crippen LogP contribution in [0, 0.1) is 19.8 Å². The first kappa shape index (κ1) is 14.6. The van der Waals surface area contributed by atoms with Gasteiger partial charge in [-0.05, 0) is 31.0 Å². The summed E-state index contributed by atoms with van der Waals surface area (Å²) in [6.45, 7) is 6.36. The maximum Gasteiger partial charge on any atom is 0.229 e. The van der Waals surface area contributed by atoms with Crippen LogP contribution in [0.15, 0.2) is 30.6 Å². The molecule has 0 aliphatic carbocycles. The van der Waals surface area contributed by atoms with Crippen molar-refractivity contribution >= 4 is 23.2 Å². The largest absolute Gasteiger partial charge is 0.326 e. The Hall–Kier alpha value is -1.81. The van der Waals surface area contributed by atoms with Crippen molar-refractivity contribution in [1.82, 2.24) is 9.78 Å². The van der Waals surface area contributed by atoms with E-state index < -0.39 is 0 Å². The number of rotatable bonds is 4. The van der Waals surface area contributed by atoms with E-state index in [1.165, 1.54) is 0 Å². The summed E-state index contributed by atoms with van der Waals surface area (Å²) in [5.41, 5.74) is 3.04. The van der Waals surface area contributed by atoms with Gasteiger partial charge in [0.25, 0.3) is 0 Å². The number of hydrogen-bond acceptors (Lipinski definition) is 2. The smallest absolute Gasteiger partial charge is 0.229 e. The van der Waals surface area contributed by atoms with Crippen molar-refractivity contribution in [3.05, 3.63) is 46.7 Å². The van der Waals surface area contributed by atoms with Gasteiger partial charge in [0.15, 0.2) is 0 Å². The molecule has 0 fully saturated rings. The fourth-order valence-electron chi connectivity index (χ4n) is 1.93. The van der Waals surface area contributed by atoms with E-state index in [9.17, 15) is 4.79 Å². The summed E-state index contributed by atoms with van der Waals surface area (Å²) >= 11 is 5.81. The van der Waals surface area contributed by atoms with Gasteiger partial charge in [-0.2, -0.15) is 5.10 Å². The van der Waals surface area contributed by atoms with Gasteiger partial charge in [-0.25, -0.2) is 0 Å². The van der Waals surface area contributed by atoms with Gasteiger partial charge in [-0.1, -0.05) is 30.7 Å². The quantitative estimate of drug-likeness (QED) is 0.938. The highest BCUT2D eigenvalue weighted by Crippen LogP contribution is 2.17. The molecule has 0 radical (unpaired) electrons. The zero-order valence-corrected chi connectivity index (χ0v) is 12.6. The van der Waals surface area contributed by atoms with Gasteiger partial charge in [0.1, 0.15) is 0 Å². The van der Waals surface area contributed by atoms with Gasteiger partial charge in [0.05, 0.1) is 23.7 Å². The average molecular weight is 292 g/mol. The lowest BCUT2D eigenvalue weighted by molar-refractivity contribution is -0.119. The lowest BCUT2D eigenvalue weighted by Crippen LogP contribution is -2.25. The number of aryl methyl sites for hydroxylation is 2. The maximum atomic E-state index is 12.2. The van der Waals surface area contributed by atoms with Crippen LogP contribution in [0.25, 0.3) is 0 Å². The third kappa shape index (κ3) is 3.61. The highest BCUT2D eigenvalue weighted by molar-refractivity contribution is 6.30. The van der Waals surface area contributed by atoms with Crippen LogP contribution >= 0.6 is 11.6 Å². The topological polar surface area (TPSA) is 46.9 Å². The number of carbonyl (C=O) groups excluding carboxylic acids is 1. The Morgan fingerprint density at radius 2 is 2.20 bits per heavy atom. The minimum Gasteiger partial charge on any atom is -0.326 e. The highest BCUT2D eigenvalue weighted by atomic mass is 35.5. The van der Waals surface area contributed by atoms with E-state index in [4.69, 9.17) is 11.6 Å². The number of hydrogen-bond donors (Lipinski definition) is 1. The van der Waals surface area contributed by atoms with Gasteiger partial charge in [-0.3, -0.25) is 9.48 Å². The Labute approximate surface area is 123 Å². The lowest BCUT2D eigenvalue weighted by Gasteiger charge is -2.14. The molecule has 1 amide bonds. The fraction of sp³-hybridized carbons (Fsp3) is 0.333. The van der Waals surface area contributed by atoms with Crippen LogP contribution in [0.1, 0.15) is 18.1 Å². The summed E-state index contributed by atoms with van der Waals surface area (Å²) < 4.78 is 1.68. The molecule has 1 aromatic heterocycles. The number of nitrogens with zero attached hydrogens (tertiary/aromatic N) is 2. The number of anilines is 1. The number of halogens is 1. The zero-order chi connectivity index (χ0) is 14.7. The van der Waals surface area contributed by atoms with E-state index in [0.29, 0.717) is 11.6 Å². The molecule has 1 N–H and O–H groups in total. The van der Waals surface area contributed by atoms with Crippen molar-refractivity contribution in [2.45, 2.75) is 27.3 Å². The molecule has 0 aliphatic rings. The Morgan fingerprint density at radius 1 is 1.45 bits per heavy atom. The van der Waals surface area contributed by atoms with Gasteiger partial charge in [0.2, 0.25) is 5.91 Å². The first-order valence-corrected chi connectivity index (χ1v) is 6.89. The van der Waals surface area contributed by atoms with E-state index >= 15 is 0 Å². The first-order chi connectivity index (χ1) is 9.45. The second kappa shape index (κ2) is 6.09. The molecule has 5 heteroatoms. The molecule has 1 heterocycles. The second-order valence-corrected chi connectivity index (χ2v) is 5.53. The van der Waals surface area contributed by atoms with E-state index in [0.717, 1.165) is 16.8 Å². The second-order valence-electron chi connectivity index (χ2n) is 5.09. The van der Waals surface area contributed by atoms with Crippen LogP contribution in [0.5, 0.6) is 0 Å². The molecule has 2 rings (SSSR count). The molecule has 0 spiro atoms. The molecule has 1 atom stereocenters. The summed E-state index contributed by atoms with van der Waals surface area (Å²) in [5.74, 6) is -0.212. The molecule has 1 aromatic carbocycles. The number of aromatic nitrogens is 2. The molecular weight excluding hydrogens is 274 g/mol. The van der Waals surface area contributed by atoms with Crippen molar-refractivity contribution in [2.24, 2.45) is 5.92 Å². The Balaban J connectivity index is 2.02. The van der Waals surface area contributed by atoms with Gasteiger partial charge in [-0.15, -0.1) is 0 Å². The molecule has 0 bridgehead atoms. The first-order valence-electron chi connectivity index (χ1n) is 6.52. The third-order valence-electron chi connectivity index (χ3n) is 3.16. The average Bonchev–Trinajstić information content (AvgIpc) is 2.79. The third-order valence-corrected chi connectivity index (χ3v) is 3.36. The van der Waals surface area contributed by atoms with E-state index in [1.807, 2.05) is 39.0 Å². The summed E-state index contributed by atoms with van der Waals surface area (Å²) in [6, 6.07) is 6.01. The predicted molar refractivity (Wildman–Crippen MR) is 80.9 cm³/mol. The van der Waals surface area contributed by atoms with Crippen molar-refractivity contribution in [3.8, 4) is 0 Å². The molecule has 106 valence electrons. The van der Waals surface area contributed by atoms with Gasteiger partial charge < -0.3 is 5.32 Å². The minimum atomic E-state index is -0.189. The van der Waals surface area contributed by atoms with Crippen LogP contribution < -0.4 is 5.32 Å². The maximum absolute atomic E-state index is 12.2. The Bertz CT molecular complexity index is 621. The van der Waals surface area contributed by atoms with Crippen molar-refractivity contribution in [2.75, 3.05) is 5.32 Å². The van der Waals surface area contributed by atoms with E-state index in [1.54, 1.807) is 17.1 Å². The number of nitrogens with one attached hydrogen (secondary N) is 1. The van der Waals surface area contributed by atoms with E-state index in [-0.39, 0.29) is 11.8 Å². The molecule has 2 aromatic rings. The molecule has 0 saturated carbocycles. The normalized spacial score (nSPS) is 12.2. The SMILES string of the molecule is Cc1ccc(C)c(NC(=O)C(C)Cn2cc(Cl)cn2)c1. The highest BCUT2D eigenvalue weighted by Gasteiger charge is 2.15. The predicted octanol–water partition coefficient (Wildman–Crippen LogP) is 3.43. The molecule has 20 heavy (non-hydrogen) atoms. The Kier molecular flexibility index (Phi) is 4.45. The molecule has 1 unspecified atom stereocenters. The minimum absolute atomic E-state index is 0.0228. The number of amides is 1. The van der Waals surface area contributed by atoms with Crippen LogP contribution in [0.4, 0.5) is 5.69 Å². The fourth-order valence-corrected chi connectivity index (χ4v) is 2.08. The molecular formula is C15H18ClN3O. The molecule has 0 aliphatic heterocycles. The van der Waals surface area contributed by atoms with Crippen LogP contribution in [-0.4, -0.2) is 15.7 Å². The van der Waals surface area contributed by atoms with Crippen LogP contribution in [0.2, 0.25) is 5.02 Å². The summed E-state index contributed by atoms with van der Waals surface area (Å²) in [5, 5.41) is 7.62. The van der Waals surface area contributed by atoms with E-state index in [2.05, 4.69) is 10.4 Å². The summed E-state index contributed by atoms with van der Waals surface area (Å²) in [7, 11) is 0. The summed E-state index contributed by atoms with van der Waals surface area (Å²) in [4.78, 5) is 12.2. The summed E-state index contributed by atoms with van der Waals surface area (Å²) in [6.07, 6.45) is 3.28. The zero-order valence-electron chi connectivity index (χ0n) is 11.9. The van der Waals surface area contributed by atoms with Crippen molar-refractivity contribution in [3.63, 3.8) is 0 Å². The van der Waals surface area contributed by atoms with Crippen LogP contribution in [0.3, 0.4) is 0 Å². The van der Waals surface area contributed by atoms with Crippen molar-refractivity contribution < 1.29 is 4.79 Å². The monoisotopic (exact) mass is 291 g/mol. The Morgan fingerprint density at radius 3 is 2.85 bits per heavy atom. The number of carbonyl (C=O) groups is 1. The molecule has 4 nitrogen and oxygen atoms in total. The van der Waals surface area contributed by atoms with Gasteiger partial charge in [0, 0.05) is 11.9 Å².